The number of hydrogen-bond acceptors (Lipinski definition) is 4. The molecule has 2 rings (SSSR count). The number of amides is 1. The topological polar surface area (TPSA) is 85.1 Å². The number of anilines is 1. The Morgan fingerprint density at radius 2 is 1.95 bits per heavy atom. The number of halogens is 1. The predicted molar refractivity (Wildman–Crippen MR) is 70.3 cm³/mol. The van der Waals surface area contributed by atoms with Crippen LogP contribution in [-0.4, -0.2) is 15.8 Å². The number of benzene rings is 1. The molecule has 19 heavy (non-hydrogen) atoms. The second kappa shape index (κ2) is 5.45. The molecule has 0 radical (unpaired) electrons. The van der Waals surface area contributed by atoms with E-state index < -0.39 is 10.8 Å². The van der Waals surface area contributed by atoms with E-state index in [1.807, 2.05) is 0 Å². The molecule has 96 valence electrons. The van der Waals surface area contributed by atoms with Gasteiger partial charge < -0.3 is 5.32 Å². The van der Waals surface area contributed by atoms with Gasteiger partial charge in [-0.1, -0.05) is 11.6 Å². The lowest BCUT2D eigenvalue weighted by Crippen LogP contribution is -2.12. The summed E-state index contributed by atoms with van der Waals surface area (Å²) in [4.78, 5) is 25.7. The number of non-ortho nitro benzene ring substituents is 1. The summed E-state index contributed by atoms with van der Waals surface area (Å²) in [5, 5.41) is 13.2. The highest BCUT2D eigenvalue weighted by molar-refractivity contribution is 6.33. The second-order valence-electron chi connectivity index (χ2n) is 3.60. The quantitative estimate of drug-likeness (QED) is 0.531. The number of nitro benzene ring substituents is 1. The minimum atomic E-state index is -0.510. The SMILES string of the molecule is O=C(Nc1ccc([N+](=O)[O-])cc1)c1cccnc1Cl. The number of nitrogens with one attached hydrogen (secondary N) is 1. The molecule has 2 aromatic rings. The zero-order valence-corrected chi connectivity index (χ0v) is 10.3. The average Bonchev–Trinajstić information content (AvgIpc) is 2.39. The summed E-state index contributed by atoms with van der Waals surface area (Å²) in [6.45, 7) is 0. The summed E-state index contributed by atoms with van der Waals surface area (Å²) in [7, 11) is 0. The number of aromatic nitrogens is 1. The number of nitro groups is 1. The van der Waals surface area contributed by atoms with E-state index in [2.05, 4.69) is 10.3 Å². The molecule has 0 aliphatic carbocycles. The maximum absolute atomic E-state index is 11.9. The van der Waals surface area contributed by atoms with E-state index in [1.54, 1.807) is 6.07 Å². The molecule has 0 unspecified atom stereocenters. The monoisotopic (exact) mass is 277 g/mol. The van der Waals surface area contributed by atoms with Crippen LogP contribution < -0.4 is 5.32 Å². The van der Waals surface area contributed by atoms with E-state index in [0.717, 1.165) is 0 Å². The fraction of sp³-hybridized carbons (Fsp3) is 0. The third kappa shape index (κ3) is 3.05. The highest BCUT2D eigenvalue weighted by Gasteiger charge is 2.11. The molecular weight excluding hydrogens is 270 g/mol. The Labute approximate surface area is 113 Å². The van der Waals surface area contributed by atoms with Crippen LogP contribution in [0.2, 0.25) is 5.15 Å². The third-order valence-corrected chi connectivity index (χ3v) is 2.64. The number of carbonyl (C=O) groups excluding carboxylic acids is 1. The van der Waals surface area contributed by atoms with Crippen molar-refractivity contribution in [3.8, 4) is 0 Å². The number of nitrogens with zero attached hydrogens (tertiary/aromatic N) is 2. The van der Waals surface area contributed by atoms with Crippen LogP contribution in [0.15, 0.2) is 42.6 Å². The van der Waals surface area contributed by atoms with E-state index in [-0.39, 0.29) is 16.4 Å². The molecule has 0 saturated heterocycles. The van der Waals surface area contributed by atoms with Gasteiger partial charge in [-0.15, -0.1) is 0 Å². The van der Waals surface area contributed by atoms with Crippen molar-refractivity contribution in [1.29, 1.82) is 0 Å². The van der Waals surface area contributed by atoms with Gasteiger partial charge in [-0.3, -0.25) is 14.9 Å². The molecule has 7 heteroatoms. The molecule has 0 fully saturated rings. The first-order chi connectivity index (χ1) is 9.08. The highest BCUT2D eigenvalue weighted by Crippen LogP contribution is 2.18. The van der Waals surface area contributed by atoms with Crippen LogP contribution in [0.5, 0.6) is 0 Å². The fourth-order valence-corrected chi connectivity index (χ4v) is 1.63. The Bertz CT molecular complexity index is 628. The van der Waals surface area contributed by atoms with Crippen molar-refractivity contribution >= 4 is 28.9 Å². The molecule has 6 nitrogen and oxygen atoms in total. The van der Waals surface area contributed by atoms with Gasteiger partial charge in [-0.25, -0.2) is 4.98 Å². The first-order valence-corrected chi connectivity index (χ1v) is 5.62. The van der Waals surface area contributed by atoms with Gasteiger partial charge in [0.1, 0.15) is 5.15 Å². The normalized spacial score (nSPS) is 9.95. The minimum absolute atomic E-state index is 0.0441. The first-order valence-electron chi connectivity index (χ1n) is 5.24. The van der Waals surface area contributed by atoms with Crippen LogP contribution >= 0.6 is 11.6 Å². The van der Waals surface area contributed by atoms with Crippen molar-refractivity contribution in [3.05, 3.63) is 63.4 Å². The molecule has 1 N–H and O–H groups in total. The molecule has 0 aliphatic heterocycles. The summed E-state index contributed by atoms with van der Waals surface area (Å²) in [5.41, 5.74) is 0.635. The van der Waals surface area contributed by atoms with Gasteiger partial charge in [0.05, 0.1) is 10.5 Å². The number of pyridine rings is 1. The molecule has 0 saturated carbocycles. The third-order valence-electron chi connectivity index (χ3n) is 2.34. The first kappa shape index (κ1) is 13.0. The van der Waals surface area contributed by atoms with E-state index in [0.29, 0.717) is 5.69 Å². The van der Waals surface area contributed by atoms with E-state index in [1.165, 1.54) is 36.5 Å². The Morgan fingerprint density at radius 1 is 1.26 bits per heavy atom. The number of carbonyl (C=O) groups is 1. The lowest BCUT2D eigenvalue weighted by atomic mass is 10.2. The Balaban J connectivity index is 2.15. The smallest absolute Gasteiger partial charge is 0.269 e. The van der Waals surface area contributed by atoms with Crippen molar-refractivity contribution in [2.75, 3.05) is 5.32 Å². The zero-order chi connectivity index (χ0) is 13.8. The molecule has 0 atom stereocenters. The molecule has 1 aromatic carbocycles. The van der Waals surface area contributed by atoms with E-state index in [9.17, 15) is 14.9 Å². The fourth-order valence-electron chi connectivity index (χ4n) is 1.42. The van der Waals surface area contributed by atoms with Gasteiger partial charge >= 0.3 is 0 Å². The van der Waals surface area contributed by atoms with Crippen molar-refractivity contribution < 1.29 is 9.72 Å². The predicted octanol–water partition coefficient (Wildman–Crippen LogP) is 2.90. The van der Waals surface area contributed by atoms with Gasteiger partial charge in [-0.05, 0) is 24.3 Å². The van der Waals surface area contributed by atoms with Crippen molar-refractivity contribution in [3.63, 3.8) is 0 Å². The average molecular weight is 278 g/mol. The molecule has 0 bridgehead atoms. The Kier molecular flexibility index (Phi) is 3.72. The Hall–Kier alpha value is -2.47. The van der Waals surface area contributed by atoms with Gasteiger partial charge in [0.2, 0.25) is 0 Å². The summed E-state index contributed by atoms with van der Waals surface area (Å²) in [5.74, 6) is -0.424. The maximum Gasteiger partial charge on any atom is 0.269 e. The largest absolute Gasteiger partial charge is 0.322 e. The molecule has 1 aromatic heterocycles. The summed E-state index contributed by atoms with van der Waals surface area (Å²) < 4.78 is 0. The van der Waals surface area contributed by atoms with Gasteiger partial charge in [-0.2, -0.15) is 0 Å². The van der Waals surface area contributed by atoms with Crippen LogP contribution in [0.3, 0.4) is 0 Å². The van der Waals surface area contributed by atoms with Crippen LogP contribution in [-0.2, 0) is 0 Å². The van der Waals surface area contributed by atoms with Crippen molar-refractivity contribution in [1.82, 2.24) is 4.98 Å². The summed E-state index contributed by atoms with van der Waals surface area (Å²) >= 11 is 5.79. The Morgan fingerprint density at radius 3 is 2.53 bits per heavy atom. The lowest BCUT2D eigenvalue weighted by molar-refractivity contribution is -0.384. The van der Waals surface area contributed by atoms with E-state index >= 15 is 0 Å². The molecule has 1 amide bonds. The maximum atomic E-state index is 11.9. The zero-order valence-electron chi connectivity index (χ0n) is 9.54. The van der Waals surface area contributed by atoms with Gasteiger partial charge in [0.25, 0.3) is 11.6 Å². The lowest BCUT2D eigenvalue weighted by Gasteiger charge is -2.05. The van der Waals surface area contributed by atoms with Gasteiger partial charge in [0, 0.05) is 24.0 Å². The standard InChI is InChI=1S/C12H8ClN3O3/c13-11-10(2-1-7-14-11)12(17)15-8-3-5-9(6-4-8)16(18)19/h1-7H,(H,15,17). The number of rotatable bonds is 3. The molecule has 1 heterocycles. The van der Waals surface area contributed by atoms with Crippen LogP contribution in [0, 0.1) is 10.1 Å². The van der Waals surface area contributed by atoms with Crippen molar-refractivity contribution in [2.24, 2.45) is 0 Å². The molecule has 0 spiro atoms. The van der Waals surface area contributed by atoms with Gasteiger partial charge in [0.15, 0.2) is 0 Å². The van der Waals surface area contributed by atoms with Crippen LogP contribution in [0.4, 0.5) is 11.4 Å². The minimum Gasteiger partial charge on any atom is -0.322 e. The molecular formula is C12H8ClN3O3. The van der Waals surface area contributed by atoms with E-state index in [4.69, 9.17) is 11.6 Å². The number of hydrogen-bond donors (Lipinski definition) is 1. The van der Waals surface area contributed by atoms with Crippen LogP contribution in [0.1, 0.15) is 10.4 Å². The van der Waals surface area contributed by atoms with Crippen LogP contribution in [0.25, 0.3) is 0 Å². The molecule has 0 aliphatic rings. The highest BCUT2D eigenvalue weighted by atomic mass is 35.5. The summed E-state index contributed by atoms with van der Waals surface area (Å²) in [6, 6.07) is 8.63. The summed E-state index contributed by atoms with van der Waals surface area (Å²) in [6.07, 6.45) is 1.48. The van der Waals surface area contributed by atoms with Crippen molar-refractivity contribution in [2.45, 2.75) is 0 Å². The second-order valence-corrected chi connectivity index (χ2v) is 3.96.